The van der Waals surface area contributed by atoms with Crippen molar-refractivity contribution in [1.82, 2.24) is 9.62 Å². The third-order valence-electron chi connectivity index (χ3n) is 5.69. The van der Waals surface area contributed by atoms with Crippen LogP contribution in [0.3, 0.4) is 0 Å². The Kier molecular flexibility index (Phi) is 8.13. The third-order valence-corrected chi connectivity index (χ3v) is 8.12. The lowest BCUT2D eigenvalue weighted by molar-refractivity contribution is -0.274. The second-order valence-electron chi connectivity index (χ2n) is 8.32. The average Bonchev–Trinajstić information content (AvgIpc) is 3.16. The summed E-state index contributed by atoms with van der Waals surface area (Å²) in [5, 5.41) is 12.2. The van der Waals surface area contributed by atoms with E-state index in [0.717, 1.165) is 16.4 Å². The van der Waals surface area contributed by atoms with Gasteiger partial charge < -0.3 is 15.2 Å². The maximum atomic E-state index is 13.3. The zero-order valence-corrected chi connectivity index (χ0v) is 21.0. The molecule has 0 bridgehead atoms. The van der Waals surface area contributed by atoms with Gasteiger partial charge in [-0.1, -0.05) is 35.3 Å². The summed E-state index contributed by atoms with van der Waals surface area (Å²) in [5.74, 6) is -2.72. The zero-order valence-electron chi connectivity index (χ0n) is 18.7. The molecule has 36 heavy (non-hydrogen) atoms. The lowest BCUT2D eigenvalue weighted by Gasteiger charge is -2.34. The standard InChI is InChI=1S/C22H21Cl2F3N2O6S/c1-21(7-2-8-29(21)36(33,34)17-11-14(23)10-15(24)12-17)20(32)28-18(19(30)31)9-13-3-5-16(6-4-13)35-22(25,26)27/h3-6,10-12,18H,2,7-9H2,1H3,(H,28,32)(H,30,31)/t18-,21-/m0/s1. The van der Waals surface area contributed by atoms with Crippen LogP contribution in [0.4, 0.5) is 13.2 Å². The number of carboxylic acid groups (broad SMARTS) is 1. The van der Waals surface area contributed by atoms with Gasteiger partial charge in [0.15, 0.2) is 0 Å². The van der Waals surface area contributed by atoms with E-state index in [4.69, 9.17) is 23.2 Å². The maximum absolute atomic E-state index is 13.3. The highest BCUT2D eigenvalue weighted by Crippen LogP contribution is 2.36. The predicted octanol–water partition coefficient (Wildman–Crippen LogP) is 4.25. The van der Waals surface area contributed by atoms with Crippen LogP contribution >= 0.6 is 23.2 Å². The summed E-state index contributed by atoms with van der Waals surface area (Å²) in [5.41, 5.74) is -1.29. The van der Waals surface area contributed by atoms with Crippen LogP contribution in [0.15, 0.2) is 47.4 Å². The SMILES string of the molecule is C[C@@]1(C(=O)N[C@@H](Cc2ccc(OC(F)(F)F)cc2)C(=O)O)CCCN1S(=O)(=O)c1cc(Cl)cc(Cl)c1. The molecule has 0 unspecified atom stereocenters. The Labute approximate surface area is 215 Å². The van der Waals surface area contributed by atoms with Crippen LogP contribution in [0.1, 0.15) is 25.3 Å². The summed E-state index contributed by atoms with van der Waals surface area (Å²) in [7, 11) is -4.22. The van der Waals surface area contributed by atoms with Crippen molar-refractivity contribution in [3.8, 4) is 5.75 Å². The van der Waals surface area contributed by atoms with Gasteiger partial charge in [0.25, 0.3) is 0 Å². The Morgan fingerprint density at radius 2 is 1.75 bits per heavy atom. The maximum Gasteiger partial charge on any atom is 0.573 e. The normalized spacial score (nSPS) is 19.6. The number of nitrogens with zero attached hydrogens (tertiary/aromatic N) is 1. The highest BCUT2D eigenvalue weighted by atomic mass is 35.5. The molecule has 1 heterocycles. The minimum absolute atomic E-state index is 0.00872. The molecular formula is C22H21Cl2F3N2O6S. The van der Waals surface area contributed by atoms with Crippen molar-refractivity contribution in [3.05, 3.63) is 58.1 Å². The summed E-state index contributed by atoms with van der Waals surface area (Å²) in [4.78, 5) is 24.9. The molecule has 0 spiro atoms. The molecule has 1 fully saturated rings. The van der Waals surface area contributed by atoms with Crippen LogP contribution in [-0.2, 0) is 26.0 Å². The van der Waals surface area contributed by atoms with Gasteiger partial charge in [0.1, 0.15) is 17.3 Å². The molecule has 1 saturated heterocycles. The summed E-state index contributed by atoms with van der Waals surface area (Å²) >= 11 is 11.9. The largest absolute Gasteiger partial charge is 0.573 e. The first-order valence-corrected chi connectivity index (χ1v) is 12.7. The average molecular weight is 569 g/mol. The minimum Gasteiger partial charge on any atom is -0.480 e. The number of amides is 1. The smallest absolute Gasteiger partial charge is 0.480 e. The second kappa shape index (κ2) is 10.4. The van der Waals surface area contributed by atoms with Crippen LogP contribution in [0.25, 0.3) is 0 Å². The summed E-state index contributed by atoms with van der Waals surface area (Å²) in [6.07, 6.45) is -4.67. The Morgan fingerprint density at radius 1 is 1.17 bits per heavy atom. The van der Waals surface area contributed by atoms with Crippen LogP contribution < -0.4 is 10.1 Å². The Balaban J connectivity index is 1.80. The molecule has 196 valence electrons. The molecule has 0 aliphatic carbocycles. The number of carboxylic acids is 1. The number of nitrogens with one attached hydrogen (secondary N) is 1. The van der Waals surface area contributed by atoms with Crippen LogP contribution in [0.5, 0.6) is 5.75 Å². The Morgan fingerprint density at radius 3 is 2.28 bits per heavy atom. The number of sulfonamides is 1. The number of hydrogen-bond donors (Lipinski definition) is 2. The van der Waals surface area contributed by atoms with E-state index >= 15 is 0 Å². The number of halogens is 5. The zero-order chi connectivity index (χ0) is 26.9. The second-order valence-corrected chi connectivity index (χ2v) is 11.1. The van der Waals surface area contributed by atoms with Gasteiger partial charge in [0, 0.05) is 23.0 Å². The molecule has 14 heteroatoms. The quantitative estimate of drug-likeness (QED) is 0.492. The molecule has 0 saturated carbocycles. The highest BCUT2D eigenvalue weighted by molar-refractivity contribution is 7.89. The lowest BCUT2D eigenvalue weighted by Crippen LogP contribution is -2.58. The van der Waals surface area contributed by atoms with E-state index in [2.05, 4.69) is 10.1 Å². The van der Waals surface area contributed by atoms with E-state index in [9.17, 15) is 36.3 Å². The van der Waals surface area contributed by atoms with Gasteiger partial charge in [-0.3, -0.25) is 4.79 Å². The minimum atomic E-state index is -4.88. The predicted molar refractivity (Wildman–Crippen MR) is 124 cm³/mol. The van der Waals surface area contributed by atoms with Gasteiger partial charge in [-0.2, -0.15) is 4.31 Å². The van der Waals surface area contributed by atoms with Crippen molar-refractivity contribution < 1.29 is 41.0 Å². The molecule has 0 aromatic heterocycles. The molecule has 1 aliphatic rings. The Hall–Kier alpha value is -2.54. The van der Waals surface area contributed by atoms with Crippen LogP contribution in [0, 0.1) is 0 Å². The monoisotopic (exact) mass is 568 g/mol. The van der Waals surface area contributed by atoms with E-state index in [-0.39, 0.29) is 34.3 Å². The topological polar surface area (TPSA) is 113 Å². The number of carbonyl (C=O) groups excluding carboxylic acids is 1. The van der Waals surface area contributed by atoms with Crippen molar-refractivity contribution in [2.75, 3.05) is 6.54 Å². The fraction of sp³-hybridized carbons (Fsp3) is 0.364. The number of ether oxygens (including phenoxy) is 1. The Bertz CT molecular complexity index is 1240. The van der Waals surface area contributed by atoms with Crippen LogP contribution in [0.2, 0.25) is 10.0 Å². The molecule has 2 atom stereocenters. The number of benzene rings is 2. The van der Waals surface area contributed by atoms with Gasteiger partial charge in [-0.25, -0.2) is 13.2 Å². The number of hydrogen-bond acceptors (Lipinski definition) is 5. The van der Waals surface area contributed by atoms with Gasteiger partial charge in [-0.05, 0) is 55.7 Å². The van der Waals surface area contributed by atoms with Gasteiger partial charge in [0.2, 0.25) is 15.9 Å². The first-order chi connectivity index (χ1) is 16.6. The van der Waals surface area contributed by atoms with Crippen molar-refractivity contribution in [3.63, 3.8) is 0 Å². The van der Waals surface area contributed by atoms with Gasteiger partial charge in [0.05, 0.1) is 4.90 Å². The molecule has 0 radical (unpaired) electrons. The first-order valence-electron chi connectivity index (χ1n) is 10.5. The molecular weight excluding hydrogens is 548 g/mol. The van der Waals surface area contributed by atoms with E-state index in [1.807, 2.05) is 0 Å². The van der Waals surface area contributed by atoms with E-state index in [0.29, 0.717) is 12.0 Å². The van der Waals surface area contributed by atoms with Gasteiger partial charge in [-0.15, -0.1) is 13.2 Å². The van der Waals surface area contributed by atoms with Crippen LogP contribution in [-0.4, -0.2) is 54.2 Å². The molecule has 1 amide bonds. The molecule has 3 rings (SSSR count). The lowest BCUT2D eigenvalue weighted by atomic mass is 9.97. The fourth-order valence-corrected chi connectivity index (χ4v) is 6.47. The van der Waals surface area contributed by atoms with Crippen molar-refractivity contribution in [1.29, 1.82) is 0 Å². The number of alkyl halides is 3. The highest BCUT2D eigenvalue weighted by Gasteiger charge is 2.50. The van der Waals surface area contributed by atoms with E-state index in [1.165, 1.54) is 37.3 Å². The summed E-state index contributed by atoms with van der Waals surface area (Å²) in [6.45, 7) is 1.40. The third kappa shape index (κ3) is 6.41. The van der Waals surface area contributed by atoms with Crippen molar-refractivity contribution in [2.24, 2.45) is 0 Å². The fourth-order valence-electron chi connectivity index (χ4n) is 3.93. The molecule has 1 aliphatic heterocycles. The number of rotatable bonds is 8. The molecule has 2 N–H and O–H groups in total. The van der Waals surface area contributed by atoms with E-state index in [1.54, 1.807) is 0 Å². The van der Waals surface area contributed by atoms with E-state index < -0.39 is 45.6 Å². The summed E-state index contributed by atoms with van der Waals surface area (Å²) < 4.78 is 68.4. The van der Waals surface area contributed by atoms with Crippen molar-refractivity contribution >= 4 is 45.1 Å². The van der Waals surface area contributed by atoms with Crippen molar-refractivity contribution in [2.45, 2.75) is 49.0 Å². The molecule has 2 aromatic carbocycles. The first kappa shape index (κ1) is 28.0. The summed E-state index contributed by atoms with van der Waals surface area (Å²) in [6, 6.07) is 6.79. The molecule has 8 nitrogen and oxygen atoms in total. The number of aliphatic carboxylic acids is 1. The molecule has 2 aromatic rings. The van der Waals surface area contributed by atoms with Gasteiger partial charge >= 0.3 is 12.3 Å². The number of carbonyl (C=O) groups is 2.